The van der Waals surface area contributed by atoms with Crippen LogP contribution in [0.2, 0.25) is 0 Å². The summed E-state index contributed by atoms with van der Waals surface area (Å²) >= 11 is 0. The zero-order valence-corrected chi connectivity index (χ0v) is 11.4. The molecule has 0 aliphatic heterocycles. The van der Waals surface area contributed by atoms with Gasteiger partial charge in [0.05, 0.1) is 6.10 Å². The summed E-state index contributed by atoms with van der Waals surface area (Å²) in [5.74, 6) is 0.891. The van der Waals surface area contributed by atoms with E-state index in [0.717, 1.165) is 18.9 Å². The third kappa shape index (κ3) is 4.84. The maximum Gasteiger partial charge on any atom is 0.0524 e. The summed E-state index contributed by atoms with van der Waals surface area (Å²) in [5.41, 5.74) is 0.477. The van der Waals surface area contributed by atoms with Gasteiger partial charge in [0.15, 0.2) is 0 Å². The predicted octanol–water partition coefficient (Wildman–Crippen LogP) is 2.95. The fourth-order valence-corrected chi connectivity index (χ4v) is 2.66. The van der Waals surface area contributed by atoms with Crippen molar-refractivity contribution >= 4 is 0 Å². The first-order valence-corrected chi connectivity index (χ1v) is 6.81. The zero-order valence-electron chi connectivity index (χ0n) is 11.4. The molecule has 1 aliphatic carbocycles. The lowest BCUT2D eigenvalue weighted by atomic mass is 9.71. The van der Waals surface area contributed by atoms with Gasteiger partial charge in [0.2, 0.25) is 0 Å². The van der Waals surface area contributed by atoms with Crippen LogP contribution < -0.4 is 5.32 Å². The first-order chi connectivity index (χ1) is 7.39. The molecule has 0 heterocycles. The SMILES string of the molecule is CC(O)CCNC1CCC(C(C)(C)C)CC1. The van der Waals surface area contributed by atoms with E-state index in [-0.39, 0.29) is 6.10 Å². The number of hydrogen-bond donors (Lipinski definition) is 2. The van der Waals surface area contributed by atoms with Gasteiger partial charge in [-0.2, -0.15) is 0 Å². The van der Waals surface area contributed by atoms with Crippen molar-refractivity contribution in [2.75, 3.05) is 6.54 Å². The van der Waals surface area contributed by atoms with Crippen molar-refractivity contribution in [2.45, 2.75) is 71.9 Å². The fourth-order valence-electron chi connectivity index (χ4n) is 2.66. The van der Waals surface area contributed by atoms with Gasteiger partial charge < -0.3 is 10.4 Å². The number of nitrogens with one attached hydrogen (secondary N) is 1. The van der Waals surface area contributed by atoms with Crippen LogP contribution in [0.15, 0.2) is 0 Å². The van der Waals surface area contributed by atoms with Crippen LogP contribution in [0, 0.1) is 11.3 Å². The van der Waals surface area contributed by atoms with E-state index in [0.29, 0.717) is 11.5 Å². The quantitative estimate of drug-likeness (QED) is 0.774. The lowest BCUT2D eigenvalue weighted by Gasteiger charge is -2.37. The van der Waals surface area contributed by atoms with Crippen LogP contribution in [0.4, 0.5) is 0 Å². The van der Waals surface area contributed by atoms with Gasteiger partial charge in [-0.25, -0.2) is 0 Å². The molecule has 1 atom stereocenters. The third-order valence-electron chi connectivity index (χ3n) is 3.95. The van der Waals surface area contributed by atoms with Crippen molar-refractivity contribution in [3.05, 3.63) is 0 Å². The standard InChI is InChI=1S/C14H29NO/c1-11(16)9-10-15-13-7-5-12(6-8-13)14(2,3)4/h11-13,15-16H,5-10H2,1-4H3. The Hall–Kier alpha value is -0.0800. The molecule has 1 fully saturated rings. The average molecular weight is 227 g/mol. The predicted molar refractivity (Wildman–Crippen MR) is 69.5 cm³/mol. The van der Waals surface area contributed by atoms with E-state index in [9.17, 15) is 5.11 Å². The van der Waals surface area contributed by atoms with Gasteiger partial charge in [0.25, 0.3) is 0 Å². The summed E-state index contributed by atoms with van der Waals surface area (Å²) in [6.07, 6.45) is 6.03. The third-order valence-corrected chi connectivity index (χ3v) is 3.95. The van der Waals surface area contributed by atoms with E-state index in [1.54, 1.807) is 0 Å². The van der Waals surface area contributed by atoms with Gasteiger partial charge in [-0.15, -0.1) is 0 Å². The maximum atomic E-state index is 9.19. The van der Waals surface area contributed by atoms with Gasteiger partial charge in [-0.05, 0) is 56.9 Å². The lowest BCUT2D eigenvalue weighted by Crippen LogP contribution is -2.37. The Kier molecular flexibility index (Phi) is 5.26. The Morgan fingerprint density at radius 2 is 1.75 bits per heavy atom. The largest absolute Gasteiger partial charge is 0.393 e. The number of aliphatic hydroxyl groups is 1. The van der Waals surface area contributed by atoms with Gasteiger partial charge >= 0.3 is 0 Å². The number of rotatable bonds is 4. The molecule has 0 aromatic rings. The Labute approximate surface area is 101 Å². The molecule has 16 heavy (non-hydrogen) atoms. The van der Waals surface area contributed by atoms with Crippen LogP contribution in [0.3, 0.4) is 0 Å². The molecule has 0 saturated heterocycles. The topological polar surface area (TPSA) is 32.3 Å². The molecule has 0 radical (unpaired) electrons. The first kappa shape index (κ1) is 14.0. The molecule has 96 valence electrons. The van der Waals surface area contributed by atoms with Gasteiger partial charge in [-0.1, -0.05) is 20.8 Å². The van der Waals surface area contributed by atoms with E-state index < -0.39 is 0 Å². The lowest BCUT2D eigenvalue weighted by molar-refractivity contribution is 0.153. The molecule has 2 N–H and O–H groups in total. The normalized spacial score (nSPS) is 29.1. The van der Waals surface area contributed by atoms with Gasteiger partial charge in [0, 0.05) is 6.04 Å². The molecule has 1 unspecified atom stereocenters. The second-order valence-corrected chi connectivity index (χ2v) is 6.51. The molecule has 0 amide bonds. The van der Waals surface area contributed by atoms with E-state index in [1.165, 1.54) is 25.7 Å². The summed E-state index contributed by atoms with van der Waals surface area (Å²) in [4.78, 5) is 0. The summed E-state index contributed by atoms with van der Waals surface area (Å²) < 4.78 is 0. The molecule has 1 saturated carbocycles. The Morgan fingerprint density at radius 1 is 1.19 bits per heavy atom. The van der Waals surface area contributed by atoms with Gasteiger partial charge in [0.1, 0.15) is 0 Å². The minimum absolute atomic E-state index is 0.168. The Morgan fingerprint density at radius 3 is 2.19 bits per heavy atom. The van der Waals surface area contributed by atoms with Crippen molar-refractivity contribution in [1.29, 1.82) is 0 Å². The van der Waals surface area contributed by atoms with Crippen LogP contribution >= 0.6 is 0 Å². The smallest absolute Gasteiger partial charge is 0.0524 e. The van der Waals surface area contributed by atoms with Crippen LogP contribution in [0.1, 0.15) is 59.8 Å². The molecule has 0 bridgehead atoms. The second kappa shape index (κ2) is 6.02. The number of hydrogen-bond acceptors (Lipinski definition) is 2. The van der Waals surface area contributed by atoms with E-state index in [2.05, 4.69) is 26.1 Å². The summed E-state index contributed by atoms with van der Waals surface area (Å²) in [6.45, 7) is 9.90. The van der Waals surface area contributed by atoms with Crippen molar-refractivity contribution < 1.29 is 5.11 Å². The minimum Gasteiger partial charge on any atom is -0.393 e. The molecule has 0 aromatic carbocycles. The van der Waals surface area contributed by atoms with Gasteiger partial charge in [-0.3, -0.25) is 0 Å². The zero-order chi connectivity index (χ0) is 12.2. The molecule has 1 aliphatic rings. The first-order valence-electron chi connectivity index (χ1n) is 6.81. The average Bonchev–Trinajstić information content (AvgIpc) is 2.16. The highest BCUT2D eigenvalue weighted by Gasteiger charge is 2.29. The molecule has 2 nitrogen and oxygen atoms in total. The van der Waals surface area contributed by atoms with Crippen molar-refractivity contribution in [1.82, 2.24) is 5.32 Å². The molecule has 0 aromatic heterocycles. The van der Waals surface area contributed by atoms with E-state index >= 15 is 0 Å². The number of aliphatic hydroxyl groups excluding tert-OH is 1. The van der Waals surface area contributed by atoms with Crippen molar-refractivity contribution in [3.8, 4) is 0 Å². The van der Waals surface area contributed by atoms with E-state index in [4.69, 9.17) is 0 Å². The molecular formula is C14H29NO. The van der Waals surface area contributed by atoms with Crippen LogP contribution in [0.5, 0.6) is 0 Å². The summed E-state index contributed by atoms with van der Waals surface area (Å²) in [7, 11) is 0. The summed E-state index contributed by atoms with van der Waals surface area (Å²) in [6, 6.07) is 0.692. The summed E-state index contributed by atoms with van der Waals surface area (Å²) in [5, 5.41) is 12.8. The van der Waals surface area contributed by atoms with Crippen LogP contribution in [0.25, 0.3) is 0 Å². The highest BCUT2D eigenvalue weighted by Crippen LogP contribution is 2.37. The van der Waals surface area contributed by atoms with Crippen molar-refractivity contribution in [3.63, 3.8) is 0 Å². The Bertz CT molecular complexity index is 187. The maximum absolute atomic E-state index is 9.19. The molecule has 0 spiro atoms. The monoisotopic (exact) mass is 227 g/mol. The highest BCUT2D eigenvalue weighted by atomic mass is 16.3. The molecule has 1 rings (SSSR count). The molecule has 2 heteroatoms. The van der Waals surface area contributed by atoms with E-state index in [1.807, 2.05) is 6.92 Å². The molecular weight excluding hydrogens is 198 g/mol. The highest BCUT2D eigenvalue weighted by molar-refractivity contribution is 4.83. The van der Waals surface area contributed by atoms with Crippen molar-refractivity contribution in [2.24, 2.45) is 11.3 Å². The minimum atomic E-state index is -0.168. The van der Waals surface area contributed by atoms with Crippen LogP contribution in [-0.4, -0.2) is 23.8 Å². The fraction of sp³-hybridized carbons (Fsp3) is 1.00. The Balaban J connectivity index is 2.17. The van der Waals surface area contributed by atoms with Crippen LogP contribution in [-0.2, 0) is 0 Å². The second-order valence-electron chi connectivity index (χ2n) is 6.51.